The molecular formula is C13H17BrN4O. The summed E-state index contributed by atoms with van der Waals surface area (Å²) in [4.78, 5) is 0. The molecule has 102 valence electrons. The van der Waals surface area contributed by atoms with Crippen LogP contribution < -0.4 is 10.5 Å². The minimum atomic E-state index is 0.271. The third-order valence-electron chi connectivity index (χ3n) is 2.91. The Morgan fingerprint density at radius 3 is 2.79 bits per heavy atom. The maximum Gasteiger partial charge on any atom is 0.169 e. The lowest BCUT2D eigenvalue weighted by Gasteiger charge is -2.12. The molecular weight excluding hydrogens is 308 g/mol. The molecule has 0 aliphatic carbocycles. The zero-order chi connectivity index (χ0) is 14.0. The van der Waals surface area contributed by atoms with Gasteiger partial charge in [-0.05, 0) is 24.1 Å². The molecule has 1 aromatic heterocycles. The number of hydrogen-bond acceptors (Lipinski definition) is 4. The highest BCUT2D eigenvalue weighted by Crippen LogP contribution is 2.26. The second kappa shape index (κ2) is 5.61. The van der Waals surface area contributed by atoms with Crippen molar-refractivity contribution in [3.05, 3.63) is 33.9 Å². The Bertz CT molecular complexity index is 580. The number of hydrogen-bond donors (Lipinski definition) is 1. The fourth-order valence-corrected chi connectivity index (χ4v) is 2.48. The van der Waals surface area contributed by atoms with E-state index in [1.807, 2.05) is 22.9 Å². The van der Waals surface area contributed by atoms with Gasteiger partial charge in [0.1, 0.15) is 5.75 Å². The average molecular weight is 325 g/mol. The highest BCUT2D eigenvalue weighted by atomic mass is 79.9. The molecule has 1 heterocycles. The molecule has 0 radical (unpaired) electrons. The minimum absolute atomic E-state index is 0.271. The summed E-state index contributed by atoms with van der Waals surface area (Å²) in [5.41, 5.74) is 7.84. The Labute approximate surface area is 120 Å². The summed E-state index contributed by atoms with van der Waals surface area (Å²) < 4.78 is 8.19. The van der Waals surface area contributed by atoms with Crippen molar-refractivity contribution in [2.45, 2.75) is 26.3 Å². The molecule has 2 aromatic rings. The van der Waals surface area contributed by atoms with Gasteiger partial charge in [0.2, 0.25) is 0 Å². The molecule has 0 aliphatic heterocycles. The first-order valence-electron chi connectivity index (χ1n) is 6.04. The second-order valence-corrected chi connectivity index (χ2v) is 5.54. The summed E-state index contributed by atoms with van der Waals surface area (Å²) in [6.45, 7) is 4.73. The summed E-state index contributed by atoms with van der Waals surface area (Å²) in [6.07, 6.45) is 0. The molecule has 0 unspecified atom stereocenters. The number of aromatic nitrogens is 3. The largest absolute Gasteiger partial charge is 0.496 e. The maximum absolute atomic E-state index is 5.86. The summed E-state index contributed by atoms with van der Waals surface area (Å²) in [5, 5.41) is 8.06. The number of nitrogens with zero attached hydrogens (tertiary/aromatic N) is 3. The molecule has 0 bridgehead atoms. The van der Waals surface area contributed by atoms with Gasteiger partial charge >= 0.3 is 0 Å². The monoisotopic (exact) mass is 324 g/mol. The summed E-state index contributed by atoms with van der Waals surface area (Å²) in [5.74, 6) is 1.59. The molecule has 2 rings (SSSR count). The van der Waals surface area contributed by atoms with Gasteiger partial charge in [-0.1, -0.05) is 35.0 Å². The Balaban J connectivity index is 2.39. The number of benzene rings is 1. The quantitative estimate of drug-likeness (QED) is 0.939. The van der Waals surface area contributed by atoms with Gasteiger partial charge in [-0.2, -0.15) is 0 Å². The molecule has 5 nitrogen and oxygen atoms in total. The van der Waals surface area contributed by atoms with Crippen molar-refractivity contribution in [3.63, 3.8) is 0 Å². The zero-order valence-corrected chi connectivity index (χ0v) is 12.8. The van der Waals surface area contributed by atoms with Gasteiger partial charge < -0.3 is 10.5 Å². The number of methoxy groups -OCH3 is 1. The van der Waals surface area contributed by atoms with Crippen LogP contribution in [0.4, 0.5) is 5.82 Å². The molecule has 0 aliphatic rings. The van der Waals surface area contributed by atoms with Gasteiger partial charge in [0, 0.05) is 10.0 Å². The first-order chi connectivity index (χ1) is 9.02. The normalized spacial score (nSPS) is 11.0. The number of nitrogen functional groups attached to an aromatic ring is 1. The third-order valence-corrected chi connectivity index (χ3v) is 3.40. The van der Waals surface area contributed by atoms with E-state index in [2.05, 4.69) is 40.1 Å². The smallest absolute Gasteiger partial charge is 0.169 e. The van der Waals surface area contributed by atoms with Crippen LogP contribution >= 0.6 is 15.9 Å². The predicted octanol–water partition coefficient (Wildman–Crippen LogP) is 2.80. The topological polar surface area (TPSA) is 66.0 Å². The summed E-state index contributed by atoms with van der Waals surface area (Å²) >= 11 is 3.47. The first-order valence-corrected chi connectivity index (χ1v) is 6.83. The van der Waals surface area contributed by atoms with E-state index >= 15 is 0 Å². The van der Waals surface area contributed by atoms with Crippen molar-refractivity contribution in [2.24, 2.45) is 0 Å². The van der Waals surface area contributed by atoms with Crippen LogP contribution in [0.2, 0.25) is 0 Å². The molecule has 0 atom stereocenters. The van der Waals surface area contributed by atoms with Crippen molar-refractivity contribution < 1.29 is 4.74 Å². The molecule has 19 heavy (non-hydrogen) atoms. The standard InChI is InChI=1S/C13H17BrN4O/c1-8(2)12-13(15)16-17-18(12)7-9-6-10(14)4-5-11(9)19-3/h4-6,8H,7,15H2,1-3H3. The van der Waals surface area contributed by atoms with E-state index in [1.165, 1.54) is 0 Å². The lowest BCUT2D eigenvalue weighted by Crippen LogP contribution is -2.09. The molecule has 0 spiro atoms. The number of halogens is 1. The number of ether oxygens (including phenoxy) is 1. The van der Waals surface area contributed by atoms with E-state index in [4.69, 9.17) is 10.5 Å². The number of rotatable bonds is 4. The minimum Gasteiger partial charge on any atom is -0.496 e. The second-order valence-electron chi connectivity index (χ2n) is 4.63. The van der Waals surface area contributed by atoms with Crippen LogP contribution in [0.3, 0.4) is 0 Å². The third kappa shape index (κ3) is 2.89. The van der Waals surface area contributed by atoms with E-state index in [-0.39, 0.29) is 5.92 Å². The Morgan fingerprint density at radius 1 is 1.42 bits per heavy atom. The number of anilines is 1. The first kappa shape index (κ1) is 13.9. The van der Waals surface area contributed by atoms with E-state index in [1.54, 1.807) is 7.11 Å². The molecule has 0 saturated heterocycles. The van der Waals surface area contributed by atoms with Crippen molar-refractivity contribution in [2.75, 3.05) is 12.8 Å². The van der Waals surface area contributed by atoms with Crippen molar-refractivity contribution in [1.82, 2.24) is 15.0 Å². The Hall–Kier alpha value is -1.56. The zero-order valence-electron chi connectivity index (χ0n) is 11.2. The van der Waals surface area contributed by atoms with Gasteiger partial charge in [-0.15, -0.1) is 5.10 Å². The van der Waals surface area contributed by atoms with Crippen LogP contribution in [0.1, 0.15) is 31.0 Å². The van der Waals surface area contributed by atoms with E-state index in [9.17, 15) is 0 Å². The van der Waals surface area contributed by atoms with Crippen LogP contribution in [-0.4, -0.2) is 22.1 Å². The van der Waals surface area contributed by atoms with E-state index < -0.39 is 0 Å². The average Bonchev–Trinajstić information content (AvgIpc) is 2.71. The lowest BCUT2D eigenvalue weighted by molar-refractivity contribution is 0.406. The van der Waals surface area contributed by atoms with E-state index in [0.29, 0.717) is 12.4 Å². The van der Waals surface area contributed by atoms with Crippen molar-refractivity contribution >= 4 is 21.7 Å². The fraction of sp³-hybridized carbons (Fsp3) is 0.385. The summed E-state index contributed by atoms with van der Waals surface area (Å²) in [6, 6.07) is 5.89. The maximum atomic E-state index is 5.86. The van der Waals surface area contributed by atoms with E-state index in [0.717, 1.165) is 21.5 Å². The Morgan fingerprint density at radius 2 is 2.16 bits per heavy atom. The predicted molar refractivity (Wildman–Crippen MR) is 78.3 cm³/mol. The fourth-order valence-electron chi connectivity index (χ4n) is 2.08. The van der Waals surface area contributed by atoms with Crippen molar-refractivity contribution in [3.8, 4) is 5.75 Å². The van der Waals surface area contributed by atoms with Gasteiger partial charge in [-0.3, -0.25) is 0 Å². The van der Waals surface area contributed by atoms with Gasteiger partial charge in [-0.25, -0.2) is 4.68 Å². The summed E-state index contributed by atoms with van der Waals surface area (Å²) in [7, 11) is 1.66. The SMILES string of the molecule is COc1ccc(Br)cc1Cn1nnc(N)c1C(C)C. The van der Waals surface area contributed by atoms with Gasteiger partial charge in [0.05, 0.1) is 19.3 Å². The van der Waals surface area contributed by atoms with Crippen molar-refractivity contribution in [1.29, 1.82) is 0 Å². The molecule has 0 fully saturated rings. The highest BCUT2D eigenvalue weighted by molar-refractivity contribution is 9.10. The van der Waals surface area contributed by atoms with Crippen LogP contribution in [0.15, 0.2) is 22.7 Å². The van der Waals surface area contributed by atoms with Gasteiger partial charge in [0.15, 0.2) is 5.82 Å². The number of nitrogens with two attached hydrogens (primary N) is 1. The van der Waals surface area contributed by atoms with Crippen LogP contribution in [0.5, 0.6) is 5.75 Å². The molecule has 1 aromatic carbocycles. The van der Waals surface area contributed by atoms with Crippen LogP contribution in [0, 0.1) is 0 Å². The molecule has 0 amide bonds. The Kier molecular flexibility index (Phi) is 4.09. The lowest BCUT2D eigenvalue weighted by atomic mass is 10.1. The van der Waals surface area contributed by atoms with Crippen LogP contribution in [0.25, 0.3) is 0 Å². The molecule has 6 heteroatoms. The molecule has 0 saturated carbocycles. The van der Waals surface area contributed by atoms with Gasteiger partial charge in [0.25, 0.3) is 0 Å². The highest BCUT2D eigenvalue weighted by Gasteiger charge is 2.15. The molecule has 2 N–H and O–H groups in total. The van der Waals surface area contributed by atoms with Crippen LogP contribution in [-0.2, 0) is 6.54 Å².